The topological polar surface area (TPSA) is 26.0 Å². The van der Waals surface area contributed by atoms with Crippen molar-refractivity contribution in [2.45, 2.75) is 57.9 Å². The van der Waals surface area contributed by atoms with Crippen LogP contribution in [-0.4, -0.2) is 0 Å². The molecule has 88 valence electrons. The molecule has 0 fully saturated rings. The smallest absolute Gasteiger partial charge is 0.0294 e. The highest BCUT2D eigenvalue weighted by atomic mass is 14.6. The van der Waals surface area contributed by atoms with Crippen LogP contribution >= 0.6 is 0 Å². The van der Waals surface area contributed by atoms with E-state index in [0.29, 0.717) is 0 Å². The van der Waals surface area contributed by atoms with Crippen LogP contribution < -0.4 is 5.73 Å². The molecule has 0 amide bonds. The van der Waals surface area contributed by atoms with Gasteiger partial charge in [-0.2, -0.15) is 0 Å². The summed E-state index contributed by atoms with van der Waals surface area (Å²) in [5.41, 5.74) is 10.7. The highest BCUT2D eigenvalue weighted by Crippen LogP contribution is 2.26. The second-order valence-corrected chi connectivity index (χ2v) is 4.98. The molecule has 0 spiro atoms. The highest BCUT2D eigenvalue weighted by Gasteiger charge is 2.13. The van der Waals surface area contributed by atoms with Gasteiger partial charge in [0.05, 0.1) is 0 Å². The van der Waals surface area contributed by atoms with Crippen LogP contribution in [0, 0.1) is 0 Å². The summed E-state index contributed by atoms with van der Waals surface area (Å²) in [7, 11) is 0. The Morgan fingerprint density at radius 3 is 2.81 bits per heavy atom. The Balaban J connectivity index is 1.98. The van der Waals surface area contributed by atoms with Crippen LogP contribution in [0.1, 0.15) is 61.8 Å². The van der Waals surface area contributed by atoms with Gasteiger partial charge in [-0.1, -0.05) is 44.4 Å². The second-order valence-electron chi connectivity index (χ2n) is 4.98. The fourth-order valence-electron chi connectivity index (χ4n) is 2.60. The van der Waals surface area contributed by atoms with Crippen molar-refractivity contribution in [3.63, 3.8) is 0 Å². The SMILES string of the molecule is CCCCCC(N)c1ccc2c(c1)CCC2. The van der Waals surface area contributed by atoms with Crippen molar-refractivity contribution in [2.24, 2.45) is 5.73 Å². The number of hydrogen-bond donors (Lipinski definition) is 1. The average molecular weight is 217 g/mol. The number of benzene rings is 1. The maximum absolute atomic E-state index is 6.23. The molecule has 1 unspecified atom stereocenters. The summed E-state index contributed by atoms with van der Waals surface area (Å²) in [6.07, 6.45) is 8.81. The van der Waals surface area contributed by atoms with Gasteiger partial charge in [-0.05, 0) is 42.4 Å². The Hall–Kier alpha value is -0.820. The fourth-order valence-corrected chi connectivity index (χ4v) is 2.60. The fraction of sp³-hybridized carbons (Fsp3) is 0.600. The van der Waals surface area contributed by atoms with Gasteiger partial charge in [-0.3, -0.25) is 0 Å². The summed E-state index contributed by atoms with van der Waals surface area (Å²) in [6.45, 7) is 2.24. The zero-order valence-electron chi connectivity index (χ0n) is 10.3. The molecule has 2 rings (SSSR count). The summed E-state index contributed by atoms with van der Waals surface area (Å²) in [6, 6.07) is 7.12. The standard InChI is InChI=1S/C15H23N/c1-2-3-4-8-15(16)14-10-9-12-6-5-7-13(12)11-14/h9-11,15H,2-8,16H2,1H3. The third kappa shape index (κ3) is 2.65. The van der Waals surface area contributed by atoms with Crippen molar-refractivity contribution in [3.8, 4) is 0 Å². The Bertz CT molecular complexity index is 343. The van der Waals surface area contributed by atoms with Gasteiger partial charge in [0.25, 0.3) is 0 Å². The minimum atomic E-state index is 0.248. The van der Waals surface area contributed by atoms with Gasteiger partial charge < -0.3 is 5.73 Å². The molecule has 1 heteroatoms. The molecule has 0 saturated heterocycles. The monoisotopic (exact) mass is 217 g/mol. The summed E-state index contributed by atoms with van der Waals surface area (Å²) in [5, 5.41) is 0. The van der Waals surface area contributed by atoms with E-state index in [9.17, 15) is 0 Å². The third-order valence-electron chi connectivity index (χ3n) is 3.67. The predicted octanol–water partition coefficient (Wildman–Crippen LogP) is 3.76. The average Bonchev–Trinajstić information content (AvgIpc) is 2.76. The second kappa shape index (κ2) is 5.49. The first kappa shape index (κ1) is 11.7. The predicted molar refractivity (Wildman–Crippen MR) is 69.5 cm³/mol. The Kier molecular flexibility index (Phi) is 4.00. The highest BCUT2D eigenvalue weighted by molar-refractivity contribution is 5.36. The molecule has 1 atom stereocenters. The van der Waals surface area contributed by atoms with Gasteiger partial charge in [0.2, 0.25) is 0 Å². The minimum Gasteiger partial charge on any atom is -0.324 e. The first-order chi connectivity index (χ1) is 7.81. The third-order valence-corrected chi connectivity index (χ3v) is 3.67. The molecule has 0 saturated carbocycles. The first-order valence-electron chi connectivity index (χ1n) is 6.68. The Labute approximate surface area is 99.0 Å². The molecule has 2 N–H and O–H groups in total. The number of unbranched alkanes of at least 4 members (excludes halogenated alkanes) is 2. The Morgan fingerprint density at radius 1 is 1.19 bits per heavy atom. The largest absolute Gasteiger partial charge is 0.324 e. The van der Waals surface area contributed by atoms with Crippen molar-refractivity contribution < 1.29 is 0 Å². The molecular weight excluding hydrogens is 194 g/mol. The van der Waals surface area contributed by atoms with Crippen LogP contribution in [0.4, 0.5) is 0 Å². The molecule has 0 aromatic heterocycles. The van der Waals surface area contributed by atoms with Gasteiger partial charge >= 0.3 is 0 Å². The molecular formula is C15H23N. The molecule has 1 aromatic rings. The zero-order chi connectivity index (χ0) is 11.4. The van der Waals surface area contributed by atoms with Crippen LogP contribution in [0.5, 0.6) is 0 Å². The molecule has 0 heterocycles. The summed E-state index contributed by atoms with van der Waals surface area (Å²) in [5.74, 6) is 0. The quantitative estimate of drug-likeness (QED) is 0.747. The van der Waals surface area contributed by atoms with Gasteiger partial charge in [-0.15, -0.1) is 0 Å². The van der Waals surface area contributed by atoms with Crippen LogP contribution in [0.2, 0.25) is 0 Å². The molecule has 0 aliphatic heterocycles. The van der Waals surface area contributed by atoms with E-state index in [0.717, 1.165) is 6.42 Å². The van der Waals surface area contributed by atoms with Crippen LogP contribution in [0.15, 0.2) is 18.2 Å². The number of aryl methyl sites for hydroxylation is 2. The maximum Gasteiger partial charge on any atom is 0.0294 e. The molecule has 1 aliphatic rings. The van der Waals surface area contributed by atoms with E-state index in [-0.39, 0.29) is 6.04 Å². The molecule has 0 radical (unpaired) electrons. The van der Waals surface area contributed by atoms with Crippen LogP contribution in [0.25, 0.3) is 0 Å². The lowest BCUT2D eigenvalue weighted by atomic mass is 9.98. The molecule has 1 aliphatic carbocycles. The van der Waals surface area contributed by atoms with Crippen LogP contribution in [0.3, 0.4) is 0 Å². The summed E-state index contributed by atoms with van der Waals surface area (Å²) in [4.78, 5) is 0. The van der Waals surface area contributed by atoms with Gasteiger partial charge in [0, 0.05) is 6.04 Å². The van der Waals surface area contributed by atoms with Crippen molar-refractivity contribution in [1.29, 1.82) is 0 Å². The Morgan fingerprint density at radius 2 is 2.00 bits per heavy atom. The van der Waals surface area contributed by atoms with E-state index in [1.54, 1.807) is 11.1 Å². The number of nitrogens with two attached hydrogens (primary N) is 1. The van der Waals surface area contributed by atoms with E-state index in [2.05, 4.69) is 25.1 Å². The van der Waals surface area contributed by atoms with Crippen molar-refractivity contribution in [2.75, 3.05) is 0 Å². The number of rotatable bonds is 5. The lowest BCUT2D eigenvalue weighted by Gasteiger charge is -2.13. The molecule has 16 heavy (non-hydrogen) atoms. The normalized spacial score (nSPS) is 16.1. The number of hydrogen-bond acceptors (Lipinski definition) is 1. The van der Waals surface area contributed by atoms with E-state index in [4.69, 9.17) is 5.73 Å². The number of fused-ring (bicyclic) bond motifs is 1. The molecule has 0 bridgehead atoms. The zero-order valence-corrected chi connectivity index (χ0v) is 10.3. The summed E-state index contributed by atoms with van der Waals surface area (Å²) >= 11 is 0. The van der Waals surface area contributed by atoms with E-state index >= 15 is 0 Å². The minimum absolute atomic E-state index is 0.248. The van der Waals surface area contributed by atoms with Crippen molar-refractivity contribution in [1.82, 2.24) is 0 Å². The summed E-state index contributed by atoms with van der Waals surface area (Å²) < 4.78 is 0. The maximum atomic E-state index is 6.23. The van der Waals surface area contributed by atoms with Gasteiger partial charge in [0.1, 0.15) is 0 Å². The first-order valence-corrected chi connectivity index (χ1v) is 6.68. The molecule has 1 aromatic carbocycles. The van der Waals surface area contributed by atoms with Crippen molar-refractivity contribution >= 4 is 0 Å². The lowest BCUT2D eigenvalue weighted by Crippen LogP contribution is -2.10. The molecule has 1 nitrogen and oxygen atoms in total. The van der Waals surface area contributed by atoms with Gasteiger partial charge in [0.15, 0.2) is 0 Å². The van der Waals surface area contributed by atoms with Crippen LogP contribution in [-0.2, 0) is 12.8 Å². The van der Waals surface area contributed by atoms with Gasteiger partial charge in [-0.25, -0.2) is 0 Å². The lowest BCUT2D eigenvalue weighted by molar-refractivity contribution is 0.581. The van der Waals surface area contributed by atoms with Crippen molar-refractivity contribution in [3.05, 3.63) is 34.9 Å². The van der Waals surface area contributed by atoms with E-state index < -0.39 is 0 Å². The van der Waals surface area contributed by atoms with E-state index in [1.165, 1.54) is 44.1 Å². The van der Waals surface area contributed by atoms with E-state index in [1.807, 2.05) is 0 Å².